The molecule has 5 heteroatoms. The Balaban J connectivity index is 4.01. The van der Waals surface area contributed by atoms with Gasteiger partial charge in [0.05, 0.1) is 26.4 Å². The van der Waals surface area contributed by atoms with Crippen LogP contribution in [0.25, 0.3) is 0 Å². The summed E-state index contributed by atoms with van der Waals surface area (Å²) >= 11 is 0. The van der Waals surface area contributed by atoms with E-state index in [0.29, 0.717) is 44.4 Å². The largest absolute Gasteiger partial charge is 0.377 e. The predicted molar refractivity (Wildman–Crippen MR) is 87.9 cm³/mol. The van der Waals surface area contributed by atoms with Gasteiger partial charge in [0.25, 0.3) is 0 Å². The monoisotopic (exact) mass is 304 g/mol. The van der Waals surface area contributed by atoms with Crippen molar-refractivity contribution in [3.8, 4) is 0 Å². The molecule has 0 spiro atoms. The Morgan fingerprint density at radius 3 is 1.62 bits per heavy atom. The minimum atomic E-state index is 0.00659. The van der Waals surface area contributed by atoms with Crippen molar-refractivity contribution in [2.75, 3.05) is 47.1 Å². The molecule has 0 aromatic rings. The average molecular weight is 304 g/mol. The molecule has 0 saturated heterocycles. The molecule has 0 radical (unpaired) electrons. The Morgan fingerprint density at radius 2 is 1.24 bits per heavy atom. The number of likely N-dealkylation sites (N-methyl/N-ethyl adjacent to an activating group) is 2. The molecule has 128 valence electrons. The number of hydrogen-bond donors (Lipinski definition) is 2. The molecule has 0 heterocycles. The van der Waals surface area contributed by atoms with Crippen LogP contribution in [0.4, 0.5) is 0 Å². The molecule has 21 heavy (non-hydrogen) atoms. The van der Waals surface area contributed by atoms with Crippen LogP contribution in [-0.4, -0.2) is 65.3 Å². The van der Waals surface area contributed by atoms with E-state index >= 15 is 0 Å². The van der Waals surface area contributed by atoms with Crippen molar-refractivity contribution in [3.63, 3.8) is 0 Å². The van der Waals surface area contributed by atoms with Gasteiger partial charge in [0.2, 0.25) is 0 Å². The molecule has 3 atom stereocenters. The van der Waals surface area contributed by atoms with E-state index in [9.17, 15) is 0 Å². The van der Waals surface area contributed by atoms with Crippen LogP contribution in [0.2, 0.25) is 0 Å². The number of nitrogens with one attached hydrogen (secondary N) is 2. The maximum Gasteiger partial charge on any atom is 0.104 e. The lowest BCUT2D eigenvalue weighted by Crippen LogP contribution is -2.34. The van der Waals surface area contributed by atoms with Crippen LogP contribution in [0.3, 0.4) is 0 Å². The van der Waals surface area contributed by atoms with Gasteiger partial charge in [-0.2, -0.15) is 0 Å². The SMILES string of the molecule is CCC(C)COC(COCC(C)NC)COCC(C)NC. The fourth-order valence-electron chi connectivity index (χ4n) is 1.48. The molecule has 0 bridgehead atoms. The molecule has 0 aliphatic heterocycles. The zero-order valence-corrected chi connectivity index (χ0v) is 14.8. The summed E-state index contributed by atoms with van der Waals surface area (Å²) in [6.45, 7) is 11.9. The second kappa shape index (κ2) is 13.5. The van der Waals surface area contributed by atoms with Crippen LogP contribution < -0.4 is 10.6 Å². The topological polar surface area (TPSA) is 51.8 Å². The number of ether oxygens (including phenoxy) is 3. The first kappa shape index (κ1) is 20.8. The highest BCUT2D eigenvalue weighted by atomic mass is 16.6. The minimum absolute atomic E-state index is 0.00659. The standard InChI is InChI=1S/C16H36N2O3/c1-7-13(2)8-21-16(11-19-9-14(3)17-5)12-20-10-15(4)18-6/h13-18H,7-12H2,1-6H3. The third-order valence-corrected chi connectivity index (χ3v) is 3.64. The molecular formula is C16H36N2O3. The molecule has 2 N–H and O–H groups in total. The first-order valence-corrected chi connectivity index (χ1v) is 8.15. The predicted octanol–water partition coefficient (Wildman–Crippen LogP) is 1.67. The van der Waals surface area contributed by atoms with Gasteiger partial charge in [-0.25, -0.2) is 0 Å². The van der Waals surface area contributed by atoms with E-state index in [2.05, 4.69) is 38.3 Å². The average Bonchev–Trinajstić information content (AvgIpc) is 2.50. The van der Waals surface area contributed by atoms with Crippen molar-refractivity contribution in [2.24, 2.45) is 5.92 Å². The Labute approximate surface area is 131 Å². The van der Waals surface area contributed by atoms with Crippen LogP contribution in [-0.2, 0) is 14.2 Å². The maximum absolute atomic E-state index is 5.93. The molecule has 0 amide bonds. The van der Waals surface area contributed by atoms with Crippen LogP contribution in [0.15, 0.2) is 0 Å². The summed E-state index contributed by atoms with van der Waals surface area (Å²) in [7, 11) is 3.88. The van der Waals surface area contributed by atoms with E-state index < -0.39 is 0 Å². The maximum atomic E-state index is 5.93. The van der Waals surface area contributed by atoms with E-state index in [1.807, 2.05) is 14.1 Å². The molecule has 0 fully saturated rings. The summed E-state index contributed by atoms with van der Waals surface area (Å²) in [6, 6.07) is 0.705. The summed E-state index contributed by atoms with van der Waals surface area (Å²) in [5, 5.41) is 6.32. The smallest absolute Gasteiger partial charge is 0.104 e. The molecule has 0 aromatic carbocycles. The first-order chi connectivity index (χ1) is 10.0. The van der Waals surface area contributed by atoms with Crippen LogP contribution in [0, 0.1) is 5.92 Å². The molecule has 0 saturated carbocycles. The van der Waals surface area contributed by atoms with Gasteiger partial charge in [0.15, 0.2) is 0 Å². The van der Waals surface area contributed by atoms with Gasteiger partial charge < -0.3 is 24.8 Å². The van der Waals surface area contributed by atoms with Crippen molar-refractivity contribution in [1.29, 1.82) is 0 Å². The lowest BCUT2D eigenvalue weighted by molar-refractivity contribution is -0.0714. The van der Waals surface area contributed by atoms with Crippen molar-refractivity contribution in [2.45, 2.75) is 52.3 Å². The van der Waals surface area contributed by atoms with Crippen LogP contribution in [0.5, 0.6) is 0 Å². The summed E-state index contributed by atoms with van der Waals surface area (Å²) in [5.74, 6) is 0.569. The highest BCUT2D eigenvalue weighted by Gasteiger charge is 2.13. The second-order valence-corrected chi connectivity index (χ2v) is 5.92. The summed E-state index contributed by atoms with van der Waals surface area (Å²) in [4.78, 5) is 0. The molecule has 3 unspecified atom stereocenters. The fraction of sp³-hybridized carbons (Fsp3) is 1.00. The van der Waals surface area contributed by atoms with Gasteiger partial charge in [-0.15, -0.1) is 0 Å². The van der Waals surface area contributed by atoms with E-state index in [0.717, 1.165) is 13.0 Å². The Kier molecular flexibility index (Phi) is 13.3. The van der Waals surface area contributed by atoms with Gasteiger partial charge in [-0.1, -0.05) is 20.3 Å². The Hall–Kier alpha value is -0.200. The van der Waals surface area contributed by atoms with Crippen LogP contribution >= 0.6 is 0 Å². The van der Waals surface area contributed by atoms with Gasteiger partial charge in [-0.3, -0.25) is 0 Å². The van der Waals surface area contributed by atoms with E-state index in [1.165, 1.54) is 0 Å². The van der Waals surface area contributed by atoms with Gasteiger partial charge >= 0.3 is 0 Å². The van der Waals surface area contributed by atoms with E-state index in [-0.39, 0.29) is 6.10 Å². The summed E-state index contributed by atoms with van der Waals surface area (Å²) in [5.41, 5.74) is 0. The molecule has 0 aliphatic rings. The van der Waals surface area contributed by atoms with Crippen molar-refractivity contribution < 1.29 is 14.2 Å². The lowest BCUT2D eigenvalue weighted by Gasteiger charge is -2.22. The van der Waals surface area contributed by atoms with Crippen molar-refractivity contribution in [3.05, 3.63) is 0 Å². The summed E-state index contributed by atoms with van der Waals surface area (Å²) in [6.07, 6.45) is 1.13. The van der Waals surface area contributed by atoms with Crippen molar-refractivity contribution >= 4 is 0 Å². The highest BCUT2D eigenvalue weighted by molar-refractivity contribution is 4.62. The van der Waals surface area contributed by atoms with Gasteiger partial charge in [0, 0.05) is 18.7 Å². The lowest BCUT2D eigenvalue weighted by atomic mass is 10.1. The second-order valence-electron chi connectivity index (χ2n) is 5.92. The zero-order valence-electron chi connectivity index (χ0n) is 14.8. The fourth-order valence-corrected chi connectivity index (χ4v) is 1.48. The van der Waals surface area contributed by atoms with Gasteiger partial charge in [-0.05, 0) is 33.9 Å². The molecule has 5 nitrogen and oxygen atoms in total. The molecule has 0 rings (SSSR count). The quantitative estimate of drug-likeness (QED) is 0.511. The normalized spacial score (nSPS) is 17.4. The van der Waals surface area contributed by atoms with E-state index in [1.54, 1.807) is 0 Å². The molecular weight excluding hydrogens is 268 g/mol. The Morgan fingerprint density at radius 1 is 0.762 bits per heavy atom. The third kappa shape index (κ3) is 12.1. The van der Waals surface area contributed by atoms with E-state index in [4.69, 9.17) is 14.2 Å². The molecule has 0 aliphatic carbocycles. The van der Waals surface area contributed by atoms with Crippen molar-refractivity contribution in [1.82, 2.24) is 10.6 Å². The zero-order chi connectivity index (χ0) is 16.1. The van der Waals surface area contributed by atoms with Gasteiger partial charge in [0.1, 0.15) is 6.10 Å². The minimum Gasteiger partial charge on any atom is -0.377 e. The Bertz CT molecular complexity index is 214. The molecule has 0 aromatic heterocycles. The number of rotatable bonds is 14. The third-order valence-electron chi connectivity index (χ3n) is 3.64. The number of hydrogen-bond acceptors (Lipinski definition) is 5. The highest BCUT2D eigenvalue weighted by Crippen LogP contribution is 2.05. The van der Waals surface area contributed by atoms with Crippen LogP contribution in [0.1, 0.15) is 34.1 Å². The summed E-state index contributed by atoms with van der Waals surface area (Å²) < 4.78 is 17.4. The first-order valence-electron chi connectivity index (χ1n) is 8.15.